The molecular formula is C13H16N4O3. The molecule has 7 nitrogen and oxygen atoms in total. The number of nitrogens with zero attached hydrogens (tertiary/aromatic N) is 3. The molecule has 1 atom stereocenters. The van der Waals surface area contributed by atoms with E-state index in [9.17, 15) is 10.1 Å². The van der Waals surface area contributed by atoms with Crippen molar-refractivity contribution in [2.75, 3.05) is 6.54 Å². The van der Waals surface area contributed by atoms with Gasteiger partial charge in [0.2, 0.25) is 11.8 Å². The van der Waals surface area contributed by atoms with Crippen molar-refractivity contribution < 1.29 is 9.34 Å². The van der Waals surface area contributed by atoms with Crippen molar-refractivity contribution in [3.63, 3.8) is 0 Å². The van der Waals surface area contributed by atoms with Crippen LogP contribution >= 0.6 is 0 Å². The molecule has 2 aromatic rings. The van der Waals surface area contributed by atoms with E-state index in [-0.39, 0.29) is 17.6 Å². The maximum Gasteiger partial charge on any atom is 0.273 e. The van der Waals surface area contributed by atoms with E-state index in [1.54, 1.807) is 19.1 Å². The van der Waals surface area contributed by atoms with Gasteiger partial charge in [-0.05, 0) is 26.5 Å². The number of benzene rings is 1. The quantitative estimate of drug-likeness (QED) is 0.666. The van der Waals surface area contributed by atoms with Crippen LogP contribution in [-0.2, 0) is 0 Å². The summed E-state index contributed by atoms with van der Waals surface area (Å²) in [5.74, 6) is 0.748. The number of aromatic nitrogens is 2. The third-order valence-corrected chi connectivity index (χ3v) is 2.97. The molecule has 0 aliphatic heterocycles. The minimum Gasteiger partial charge on any atom is -0.419 e. The van der Waals surface area contributed by atoms with Crippen LogP contribution in [0.25, 0.3) is 11.5 Å². The summed E-state index contributed by atoms with van der Waals surface area (Å²) >= 11 is 0. The summed E-state index contributed by atoms with van der Waals surface area (Å²) in [6.07, 6.45) is 0. The number of aryl methyl sites for hydroxylation is 1. The van der Waals surface area contributed by atoms with E-state index in [0.29, 0.717) is 17.0 Å². The van der Waals surface area contributed by atoms with Crippen LogP contribution in [0.3, 0.4) is 0 Å². The topological polar surface area (TPSA) is 94.1 Å². The zero-order chi connectivity index (χ0) is 14.7. The molecule has 0 aliphatic carbocycles. The van der Waals surface area contributed by atoms with E-state index in [2.05, 4.69) is 15.5 Å². The molecule has 2 rings (SSSR count). The predicted molar refractivity (Wildman–Crippen MR) is 73.2 cm³/mol. The highest BCUT2D eigenvalue weighted by atomic mass is 16.6. The van der Waals surface area contributed by atoms with Crippen LogP contribution < -0.4 is 5.32 Å². The minimum absolute atomic E-state index is 0.0435. The summed E-state index contributed by atoms with van der Waals surface area (Å²) < 4.78 is 5.55. The van der Waals surface area contributed by atoms with Crippen molar-refractivity contribution in [1.29, 1.82) is 0 Å². The second kappa shape index (κ2) is 5.79. The highest BCUT2D eigenvalue weighted by Gasteiger charge is 2.17. The van der Waals surface area contributed by atoms with Crippen LogP contribution in [0.4, 0.5) is 5.69 Å². The van der Waals surface area contributed by atoms with Crippen molar-refractivity contribution in [3.05, 3.63) is 39.8 Å². The van der Waals surface area contributed by atoms with E-state index < -0.39 is 4.92 Å². The van der Waals surface area contributed by atoms with Crippen molar-refractivity contribution in [2.24, 2.45) is 0 Å². The van der Waals surface area contributed by atoms with Crippen molar-refractivity contribution in [2.45, 2.75) is 26.8 Å². The Balaban J connectivity index is 2.33. The SMILES string of the molecule is CCNC(C)c1nnc(-c2ccc(C)c([N+](=O)[O-])c2)o1. The van der Waals surface area contributed by atoms with Crippen molar-refractivity contribution >= 4 is 5.69 Å². The molecule has 0 radical (unpaired) electrons. The molecule has 1 heterocycles. The lowest BCUT2D eigenvalue weighted by molar-refractivity contribution is -0.385. The second-order valence-electron chi connectivity index (χ2n) is 4.48. The first-order chi connectivity index (χ1) is 9.52. The number of nitro groups is 1. The minimum atomic E-state index is -0.419. The summed E-state index contributed by atoms with van der Waals surface area (Å²) in [5, 5.41) is 22.0. The van der Waals surface area contributed by atoms with Crippen molar-refractivity contribution in [1.82, 2.24) is 15.5 Å². The third-order valence-electron chi connectivity index (χ3n) is 2.97. The lowest BCUT2D eigenvalue weighted by Crippen LogP contribution is -2.17. The molecule has 1 aromatic heterocycles. The third kappa shape index (κ3) is 2.83. The summed E-state index contributed by atoms with van der Waals surface area (Å²) in [6, 6.07) is 4.80. The first kappa shape index (κ1) is 14.1. The van der Waals surface area contributed by atoms with Gasteiger partial charge in [0.1, 0.15) is 0 Å². The maximum absolute atomic E-state index is 10.9. The summed E-state index contributed by atoms with van der Waals surface area (Å²) in [6.45, 7) is 6.37. The van der Waals surface area contributed by atoms with Gasteiger partial charge in [-0.15, -0.1) is 10.2 Å². The molecule has 20 heavy (non-hydrogen) atoms. The Labute approximate surface area is 116 Å². The number of nitro benzene ring substituents is 1. The van der Waals surface area contributed by atoms with E-state index >= 15 is 0 Å². The van der Waals surface area contributed by atoms with Crippen LogP contribution in [0, 0.1) is 17.0 Å². The standard InChI is InChI=1S/C13H16N4O3/c1-4-14-9(3)12-15-16-13(20-12)10-6-5-8(2)11(7-10)17(18)19/h5-7,9,14H,4H2,1-3H3. The van der Waals surface area contributed by atoms with Crippen LogP contribution in [0.15, 0.2) is 22.6 Å². The van der Waals surface area contributed by atoms with Crippen LogP contribution in [0.5, 0.6) is 0 Å². The number of hydrogen-bond acceptors (Lipinski definition) is 6. The lowest BCUT2D eigenvalue weighted by atomic mass is 10.1. The van der Waals surface area contributed by atoms with Crippen LogP contribution in [0.2, 0.25) is 0 Å². The average Bonchev–Trinajstić information content (AvgIpc) is 2.89. The molecule has 1 N–H and O–H groups in total. The van der Waals surface area contributed by atoms with Gasteiger partial charge in [-0.2, -0.15) is 0 Å². The van der Waals surface area contributed by atoms with Gasteiger partial charge in [0.25, 0.3) is 5.69 Å². The molecule has 0 fully saturated rings. The molecule has 0 spiro atoms. The Morgan fingerprint density at radius 3 is 2.85 bits per heavy atom. The number of nitrogens with one attached hydrogen (secondary N) is 1. The van der Waals surface area contributed by atoms with Crippen LogP contribution in [-0.4, -0.2) is 21.7 Å². The fraction of sp³-hybridized carbons (Fsp3) is 0.385. The maximum atomic E-state index is 10.9. The second-order valence-corrected chi connectivity index (χ2v) is 4.48. The first-order valence-electron chi connectivity index (χ1n) is 6.35. The highest BCUT2D eigenvalue weighted by Crippen LogP contribution is 2.26. The van der Waals surface area contributed by atoms with E-state index in [1.165, 1.54) is 6.07 Å². The van der Waals surface area contributed by atoms with Crippen molar-refractivity contribution in [3.8, 4) is 11.5 Å². The fourth-order valence-electron chi connectivity index (χ4n) is 1.86. The first-order valence-corrected chi connectivity index (χ1v) is 6.35. The Kier molecular flexibility index (Phi) is 4.09. The van der Waals surface area contributed by atoms with Gasteiger partial charge in [-0.25, -0.2) is 0 Å². The molecule has 0 saturated carbocycles. The summed E-state index contributed by atoms with van der Waals surface area (Å²) in [4.78, 5) is 10.5. The molecule has 0 aliphatic rings. The van der Waals surface area contributed by atoms with Gasteiger partial charge in [0.15, 0.2) is 0 Å². The zero-order valence-electron chi connectivity index (χ0n) is 11.6. The number of rotatable bonds is 5. The lowest BCUT2D eigenvalue weighted by Gasteiger charge is -2.05. The molecule has 0 bridgehead atoms. The Hall–Kier alpha value is -2.28. The van der Waals surface area contributed by atoms with E-state index in [4.69, 9.17) is 4.42 Å². The Bertz CT molecular complexity index is 624. The van der Waals surface area contributed by atoms with Gasteiger partial charge in [0, 0.05) is 17.2 Å². The summed E-state index contributed by atoms with van der Waals surface area (Å²) in [5.41, 5.74) is 1.19. The number of hydrogen-bond donors (Lipinski definition) is 1. The molecule has 7 heteroatoms. The largest absolute Gasteiger partial charge is 0.419 e. The zero-order valence-corrected chi connectivity index (χ0v) is 11.6. The Morgan fingerprint density at radius 2 is 2.20 bits per heavy atom. The monoisotopic (exact) mass is 276 g/mol. The molecule has 0 saturated heterocycles. The fourth-order valence-corrected chi connectivity index (χ4v) is 1.86. The summed E-state index contributed by atoms with van der Waals surface area (Å²) in [7, 11) is 0. The van der Waals surface area contributed by atoms with Crippen LogP contribution in [0.1, 0.15) is 31.3 Å². The molecule has 0 amide bonds. The van der Waals surface area contributed by atoms with Gasteiger partial charge < -0.3 is 9.73 Å². The molecular weight excluding hydrogens is 260 g/mol. The van der Waals surface area contributed by atoms with E-state index in [1.807, 2.05) is 13.8 Å². The molecule has 1 unspecified atom stereocenters. The highest BCUT2D eigenvalue weighted by molar-refractivity contribution is 5.59. The average molecular weight is 276 g/mol. The smallest absolute Gasteiger partial charge is 0.273 e. The molecule has 106 valence electrons. The Morgan fingerprint density at radius 1 is 1.45 bits per heavy atom. The normalized spacial score (nSPS) is 12.3. The van der Waals surface area contributed by atoms with Gasteiger partial charge in [-0.1, -0.05) is 13.0 Å². The van der Waals surface area contributed by atoms with Gasteiger partial charge in [0.05, 0.1) is 11.0 Å². The van der Waals surface area contributed by atoms with Gasteiger partial charge in [-0.3, -0.25) is 10.1 Å². The molecule has 1 aromatic carbocycles. The predicted octanol–water partition coefficient (Wildman–Crippen LogP) is 2.62. The van der Waals surface area contributed by atoms with Gasteiger partial charge >= 0.3 is 0 Å². The van der Waals surface area contributed by atoms with E-state index in [0.717, 1.165) is 6.54 Å².